The van der Waals surface area contributed by atoms with E-state index in [1.54, 1.807) is 0 Å². The fraction of sp³-hybridized carbons (Fsp3) is 0.286. The van der Waals surface area contributed by atoms with Crippen LogP contribution < -0.4 is 4.72 Å². The van der Waals surface area contributed by atoms with E-state index < -0.39 is 10.0 Å². The Balaban J connectivity index is 1.94. The maximum atomic E-state index is 11.7. The number of rotatable bonds is 5. The Morgan fingerprint density at radius 3 is 2.88 bits per heavy atom. The van der Waals surface area contributed by atoms with Gasteiger partial charge in [-0.1, -0.05) is 28.1 Å². The molecule has 0 atom stereocenters. The van der Waals surface area contributed by atoms with Crippen molar-refractivity contribution in [3.63, 3.8) is 0 Å². The van der Waals surface area contributed by atoms with Crippen LogP contribution in [0, 0.1) is 0 Å². The van der Waals surface area contributed by atoms with Gasteiger partial charge in [-0.05, 0) is 0 Å². The quantitative estimate of drug-likeness (QED) is 0.871. The van der Waals surface area contributed by atoms with E-state index in [0.29, 0.717) is 12.3 Å². The van der Waals surface area contributed by atoms with Gasteiger partial charge in [-0.2, -0.15) is 4.98 Å². The maximum Gasteiger partial charge on any atom is 0.251 e. The molecule has 0 spiro atoms. The van der Waals surface area contributed by atoms with Crippen molar-refractivity contribution in [2.45, 2.75) is 10.6 Å². The highest BCUT2D eigenvalue weighted by molar-refractivity contribution is 7.91. The van der Waals surface area contributed by atoms with E-state index in [9.17, 15) is 8.42 Å². The van der Waals surface area contributed by atoms with Crippen LogP contribution in [0.4, 0.5) is 0 Å². The summed E-state index contributed by atoms with van der Waals surface area (Å²) in [5.41, 5.74) is 0. The van der Waals surface area contributed by atoms with Crippen molar-refractivity contribution in [3.05, 3.63) is 22.9 Å². The molecule has 0 amide bonds. The van der Waals surface area contributed by atoms with Gasteiger partial charge in [-0.15, -0.1) is 0 Å². The average Bonchev–Trinajstić information content (AvgIpc) is 2.89. The van der Waals surface area contributed by atoms with Gasteiger partial charge in [-0.3, -0.25) is 0 Å². The van der Waals surface area contributed by atoms with Crippen LogP contribution in [0.15, 0.2) is 21.3 Å². The number of aromatic nitrogens is 3. The molecule has 0 aliphatic heterocycles. The third-order valence-electron chi connectivity index (χ3n) is 1.76. The van der Waals surface area contributed by atoms with E-state index in [4.69, 9.17) is 16.1 Å². The predicted octanol–water partition coefficient (Wildman–Crippen LogP) is 0.700. The largest absolute Gasteiger partial charge is 0.340 e. The first kappa shape index (κ1) is 12.4. The Hall–Kier alpha value is -1.03. The predicted molar refractivity (Wildman–Crippen MR) is 60.3 cm³/mol. The second-order valence-electron chi connectivity index (χ2n) is 2.92. The molecule has 0 aromatic carbocycles. The minimum Gasteiger partial charge on any atom is -0.340 e. The molecule has 17 heavy (non-hydrogen) atoms. The van der Waals surface area contributed by atoms with E-state index in [1.165, 1.54) is 12.5 Å². The van der Waals surface area contributed by atoms with Crippen molar-refractivity contribution in [3.8, 4) is 0 Å². The number of nitrogens with zero attached hydrogens (tertiary/aromatic N) is 3. The summed E-state index contributed by atoms with van der Waals surface area (Å²) in [6, 6.07) is 0. The van der Waals surface area contributed by atoms with E-state index >= 15 is 0 Å². The lowest BCUT2D eigenvalue weighted by atomic mass is 10.4. The maximum absolute atomic E-state index is 11.7. The molecule has 0 aliphatic carbocycles. The van der Waals surface area contributed by atoms with Gasteiger partial charge in [0.1, 0.15) is 0 Å². The SMILES string of the molecule is O=S(=O)(NCCc1ncno1)c1cnc(Cl)s1. The highest BCUT2D eigenvalue weighted by atomic mass is 35.5. The molecule has 0 aliphatic rings. The van der Waals surface area contributed by atoms with Crippen LogP contribution >= 0.6 is 22.9 Å². The summed E-state index contributed by atoms with van der Waals surface area (Å²) in [6.45, 7) is 0.167. The van der Waals surface area contributed by atoms with Crippen molar-refractivity contribution in [1.82, 2.24) is 19.8 Å². The number of hydrogen-bond donors (Lipinski definition) is 1. The number of thiazole rings is 1. The van der Waals surface area contributed by atoms with E-state index in [1.807, 2.05) is 0 Å². The lowest BCUT2D eigenvalue weighted by molar-refractivity contribution is 0.377. The molecule has 0 saturated carbocycles. The van der Waals surface area contributed by atoms with Crippen molar-refractivity contribution in [1.29, 1.82) is 0 Å². The number of hydrogen-bond acceptors (Lipinski definition) is 7. The van der Waals surface area contributed by atoms with Crippen LogP contribution in [0.2, 0.25) is 4.47 Å². The molecule has 2 rings (SSSR count). The summed E-state index contributed by atoms with van der Waals surface area (Å²) in [4.78, 5) is 7.43. The third-order valence-corrected chi connectivity index (χ3v) is 4.80. The summed E-state index contributed by atoms with van der Waals surface area (Å²) < 4.78 is 30.8. The highest BCUT2D eigenvalue weighted by Crippen LogP contribution is 2.21. The van der Waals surface area contributed by atoms with Gasteiger partial charge in [0.05, 0.1) is 6.20 Å². The van der Waals surface area contributed by atoms with Gasteiger partial charge >= 0.3 is 0 Å². The Morgan fingerprint density at radius 1 is 1.47 bits per heavy atom. The Morgan fingerprint density at radius 2 is 2.29 bits per heavy atom. The minimum atomic E-state index is -3.56. The molecular formula is C7H7ClN4O3S2. The average molecular weight is 295 g/mol. The molecule has 1 N–H and O–H groups in total. The van der Waals surface area contributed by atoms with Crippen molar-refractivity contribution < 1.29 is 12.9 Å². The Labute approximate surface area is 106 Å². The topological polar surface area (TPSA) is 98.0 Å². The molecule has 0 bridgehead atoms. The summed E-state index contributed by atoms with van der Waals surface area (Å²) >= 11 is 6.46. The molecular weight excluding hydrogens is 288 g/mol. The molecule has 2 aromatic rings. The zero-order chi connectivity index (χ0) is 12.3. The van der Waals surface area contributed by atoms with Crippen LogP contribution in [0.1, 0.15) is 5.89 Å². The second-order valence-corrected chi connectivity index (χ2v) is 6.52. The molecule has 0 unspecified atom stereocenters. The Kier molecular flexibility index (Phi) is 3.72. The van der Waals surface area contributed by atoms with Gasteiger partial charge in [0.2, 0.25) is 5.89 Å². The molecule has 92 valence electrons. The molecule has 0 fully saturated rings. The normalized spacial score (nSPS) is 11.8. The fourth-order valence-electron chi connectivity index (χ4n) is 1.03. The standard InChI is InChI=1S/C7H7ClN4O3S2/c8-7-9-3-6(16-7)17(13,14)12-2-1-5-10-4-11-15-5/h3-4,12H,1-2H2. The van der Waals surface area contributed by atoms with Crippen molar-refractivity contribution >= 4 is 33.0 Å². The van der Waals surface area contributed by atoms with Crippen LogP contribution in [-0.2, 0) is 16.4 Å². The zero-order valence-electron chi connectivity index (χ0n) is 8.33. The van der Waals surface area contributed by atoms with Gasteiger partial charge in [0, 0.05) is 13.0 Å². The van der Waals surface area contributed by atoms with E-state index in [-0.39, 0.29) is 15.2 Å². The smallest absolute Gasteiger partial charge is 0.251 e. The van der Waals surface area contributed by atoms with E-state index in [2.05, 4.69) is 19.8 Å². The van der Waals surface area contributed by atoms with Gasteiger partial charge in [0.15, 0.2) is 15.0 Å². The number of halogens is 1. The molecule has 0 saturated heterocycles. The highest BCUT2D eigenvalue weighted by Gasteiger charge is 2.17. The first-order valence-corrected chi connectivity index (χ1v) is 7.12. The van der Waals surface area contributed by atoms with Gasteiger partial charge < -0.3 is 4.52 Å². The van der Waals surface area contributed by atoms with Crippen molar-refractivity contribution in [2.24, 2.45) is 0 Å². The van der Waals surface area contributed by atoms with Crippen LogP contribution in [0.5, 0.6) is 0 Å². The third kappa shape index (κ3) is 3.22. The van der Waals surface area contributed by atoms with Gasteiger partial charge in [-0.25, -0.2) is 18.1 Å². The minimum absolute atomic E-state index is 0.0769. The number of nitrogens with one attached hydrogen (secondary N) is 1. The fourth-order valence-corrected chi connectivity index (χ4v) is 3.40. The number of sulfonamides is 1. The first-order chi connectivity index (χ1) is 8.08. The summed E-state index contributed by atoms with van der Waals surface area (Å²) in [5, 5.41) is 3.41. The lowest BCUT2D eigenvalue weighted by Gasteiger charge is -2.01. The first-order valence-electron chi connectivity index (χ1n) is 4.44. The van der Waals surface area contributed by atoms with Crippen LogP contribution in [0.3, 0.4) is 0 Å². The molecule has 2 aromatic heterocycles. The molecule has 7 nitrogen and oxygen atoms in total. The lowest BCUT2D eigenvalue weighted by Crippen LogP contribution is -2.25. The van der Waals surface area contributed by atoms with Gasteiger partial charge in [0.25, 0.3) is 10.0 Å². The van der Waals surface area contributed by atoms with Crippen LogP contribution in [0.25, 0.3) is 0 Å². The zero-order valence-corrected chi connectivity index (χ0v) is 10.7. The summed E-state index contributed by atoms with van der Waals surface area (Å²) in [7, 11) is -3.56. The van der Waals surface area contributed by atoms with Crippen molar-refractivity contribution in [2.75, 3.05) is 6.54 Å². The molecule has 10 heteroatoms. The Bertz CT molecular complexity index is 580. The molecule has 2 heterocycles. The van der Waals surface area contributed by atoms with Crippen LogP contribution in [-0.4, -0.2) is 30.1 Å². The van der Waals surface area contributed by atoms with E-state index in [0.717, 1.165) is 11.3 Å². The summed E-state index contributed by atoms with van der Waals surface area (Å²) in [6.07, 6.45) is 2.79. The summed E-state index contributed by atoms with van der Waals surface area (Å²) in [5.74, 6) is 0.370. The monoisotopic (exact) mass is 294 g/mol. The molecule has 0 radical (unpaired) electrons. The second kappa shape index (κ2) is 5.08.